The van der Waals surface area contributed by atoms with Crippen molar-refractivity contribution >= 4 is 17.4 Å². The van der Waals surface area contributed by atoms with Gasteiger partial charge in [0.1, 0.15) is 0 Å². The third-order valence-electron chi connectivity index (χ3n) is 2.36. The van der Waals surface area contributed by atoms with E-state index in [9.17, 15) is 4.39 Å². The van der Waals surface area contributed by atoms with Crippen LogP contribution in [0.15, 0.2) is 24.3 Å². The van der Waals surface area contributed by atoms with E-state index in [1.54, 1.807) is 38.2 Å². The lowest BCUT2D eigenvalue weighted by atomic mass is 10.2. The highest BCUT2D eigenvalue weighted by Crippen LogP contribution is 2.22. The number of hydrogen-bond acceptors (Lipinski definition) is 3. The summed E-state index contributed by atoms with van der Waals surface area (Å²) in [5, 5.41) is 3.35. The van der Waals surface area contributed by atoms with Crippen molar-refractivity contribution in [3.8, 4) is 11.4 Å². The molecule has 0 atom stereocenters. The molecule has 88 valence electrons. The summed E-state index contributed by atoms with van der Waals surface area (Å²) in [6.07, 6.45) is 0. The highest BCUT2D eigenvalue weighted by atomic mass is 35.5. The molecule has 0 amide bonds. The molecule has 0 aliphatic rings. The van der Waals surface area contributed by atoms with Crippen molar-refractivity contribution in [1.29, 1.82) is 0 Å². The van der Waals surface area contributed by atoms with Gasteiger partial charge in [0.05, 0.1) is 5.69 Å². The molecule has 0 fully saturated rings. The van der Waals surface area contributed by atoms with Crippen molar-refractivity contribution in [1.82, 2.24) is 9.97 Å². The summed E-state index contributed by atoms with van der Waals surface area (Å²) in [4.78, 5) is 8.22. The van der Waals surface area contributed by atoms with Crippen LogP contribution in [-0.2, 0) is 0 Å². The van der Waals surface area contributed by atoms with E-state index in [4.69, 9.17) is 11.6 Å². The van der Waals surface area contributed by atoms with Crippen LogP contribution < -0.4 is 5.32 Å². The van der Waals surface area contributed by atoms with Gasteiger partial charge in [-0.25, -0.2) is 14.4 Å². The average Bonchev–Trinajstić information content (AvgIpc) is 2.33. The quantitative estimate of drug-likeness (QED) is 0.890. The van der Waals surface area contributed by atoms with E-state index in [0.717, 1.165) is 5.56 Å². The smallest absolute Gasteiger partial charge is 0.186 e. The van der Waals surface area contributed by atoms with E-state index in [0.29, 0.717) is 16.5 Å². The van der Waals surface area contributed by atoms with Crippen LogP contribution in [0.5, 0.6) is 0 Å². The Bertz CT molecular complexity index is 540. The number of benzene rings is 1. The van der Waals surface area contributed by atoms with Crippen LogP contribution in [0.4, 0.5) is 10.2 Å². The SMILES string of the molecule is CNc1nc(-c2ccc(Cl)cc2)nc(C)c1F. The van der Waals surface area contributed by atoms with Crippen molar-refractivity contribution in [2.75, 3.05) is 12.4 Å². The minimum absolute atomic E-state index is 0.197. The lowest BCUT2D eigenvalue weighted by molar-refractivity contribution is 0.607. The van der Waals surface area contributed by atoms with Gasteiger partial charge in [-0.3, -0.25) is 0 Å². The molecular formula is C12H11ClFN3. The first-order valence-corrected chi connectivity index (χ1v) is 5.47. The van der Waals surface area contributed by atoms with Crippen molar-refractivity contribution in [2.24, 2.45) is 0 Å². The summed E-state index contributed by atoms with van der Waals surface area (Å²) in [6.45, 7) is 1.61. The van der Waals surface area contributed by atoms with E-state index in [1.807, 2.05) is 0 Å². The van der Waals surface area contributed by atoms with Crippen molar-refractivity contribution < 1.29 is 4.39 Å². The van der Waals surface area contributed by atoms with Gasteiger partial charge in [-0.2, -0.15) is 0 Å². The predicted octanol–water partition coefficient (Wildman–Crippen LogP) is 3.29. The Labute approximate surface area is 104 Å². The summed E-state index contributed by atoms with van der Waals surface area (Å²) in [6, 6.07) is 7.10. The van der Waals surface area contributed by atoms with Gasteiger partial charge in [0.2, 0.25) is 0 Å². The highest BCUT2D eigenvalue weighted by molar-refractivity contribution is 6.30. The van der Waals surface area contributed by atoms with Crippen LogP contribution in [0.2, 0.25) is 5.02 Å². The molecule has 0 unspecified atom stereocenters. The molecule has 0 aliphatic carbocycles. The maximum Gasteiger partial charge on any atom is 0.186 e. The van der Waals surface area contributed by atoms with Crippen molar-refractivity contribution in [3.63, 3.8) is 0 Å². The Morgan fingerprint density at radius 2 is 1.82 bits per heavy atom. The number of aromatic nitrogens is 2. The number of nitrogens with one attached hydrogen (secondary N) is 1. The molecule has 17 heavy (non-hydrogen) atoms. The Balaban J connectivity index is 2.52. The number of hydrogen-bond donors (Lipinski definition) is 1. The second kappa shape index (κ2) is 4.67. The van der Waals surface area contributed by atoms with Crippen LogP contribution in [0.1, 0.15) is 5.69 Å². The fourth-order valence-electron chi connectivity index (χ4n) is 1.45. The molecule has 5 heteroatoms. The molecule has 2 rings (SSSR count). The molecule has 0 saturated heterocycles. The molecule has 1 aromatic heterocycles. The Kier molecular flexibility index (Phi) is 3.24. The largest absolute Gasteiger partial charge is 0.371 e. The number of halogens is 2. The predicted molar refractivity (Wildman–Crippen MR) is 66.7 cm³/mol. The molecule has 0 saturated carbocycles. The first-order valence-electron chi connectivity index (χ1n) is 5.09. The van der Waals surface area contributed by atoms with Gasteiger partial charge in [-0.15, -0.1) is 0 Å². The first kappa shape index (κ1) is 11.8. The third-order valence-corrected chi connectivity index (χ3v) is 2.61. The van der Waals surface area contributed by atoms with Crippen LogP contribution >= 0.6 is 11.6 Å². The molecule has 1 aromatic carbocycles. The number of rotatable bonds is 2. The maximum absolute atomic E-state index is 13.6. The maximum atomic E-state index is 13.6. The zero-order chi connectivity index (χ0) is 12.4. The van der Waals surface area contributed by atoms with Gasteiger partial charge in [-0.1, -0.05) is 11.6 Å². The topological polar surface area (TPSA) is 37.8 Å². The first-order chi connectivity index (χ1) is 8.11. The molecule has 2 aromatic rings. The Morgan fingerprint density at radius 1 is 1.18 bits per heavy atom. The third kappa shape index (κ3) is 2.36. The zero-order valence-corrected chi connectivity index (χ0v) is 10.2. The molecule has 3 nitrogen and oxygen atoms in total. The summed E-state index contributed by atoms with van der Waals surface area (Å²) >= 11 is 5.80. The fraction of sp³-hybridized carbons (Fsp3) is 0.167. The summed E-state index contributed by atoms with van der Waals surface area (Å²) in [5.41, 5.74) is 1.11. The molecule has 0 aliphatic heterocycles. The minimum Gasteiger partial charge on any atom is -0.371 e. The van der Waals surface area contributed by atoms with Crippen molar-refractivity contribution in [2.45, 2.75) is 6.92 Å². The number of aryl methyl sites for hydroxylation is 1. The monoisotopic (exact) mass is 251 g/mol. The normalized spacial score (nSPS) is 10.4. The van der Waals surface area contributed by atoms with Crippen molar-refractivity contribution in [3.05, 3.63) is 40.8 Å². The van der Waals surface area contributed by atoms with Gasteiger partial charge in [0.25, 0.3) is 0 Å². The molecular weight excluding hydrogens is 241 g/mol. The number of nitrogens with zero attached hydrogens (tertiary/aromatic N) is 2. The van der Waals surface area contributed by atoms with Gasteiger partial charge in [0.15, 0.2) is 17.5 Å². The van der Waals surface area contributed by atoms with E-state index < -0.39 is 5.82 Å². The fourth-order valence-corrected chi connectivity index (χ4v) is 1.58. The summed E-state index contributed by atoms with van der Waals surface area (Å²) in [7, 11) is 1.62. The summed E-state index contributed by atoms with van der Waals surface area (Å²) in [5.74, 6) is 0.248. The highest BCUT2D eigenvalue weighted by Gasteiger charge is 2.11. The van der Waals surface area contributed by atoms with Gasteiger partial charge < -0.3 is 5.32 Å². The van der Waals surface area contributed by atoms with Gasteiger partial charge >= 0.3 is 0 Å². The molecule has 1 heterocycles. The molecule has 0 radical (unpaired) electrons. The lowest BCUT2D eigenvalue weighted by Crippen LogP contribution is -2.03. The second-order valence-electron chi connectivity index (χ2n) is 3.55. The van der Waals surface area contributed by atoms with Gasteiger partial charge in [0, 0.05) is 17.6 Å². The molecule has 0 spiro atoms. The Morgan fingerprint density at radius 3 is 2.41 bits per heavy atom. The van der Waals surface area contributed by atoms with Crippen LogP contribution in [-0.4, -0.2) is 17.0 Å². The minimum atomic E-state index is -0.426. The van der Waals surface area contributed by atoms with E-state index >= 15 is 0 Å². The van der Waals surface area contributed by atoms with Crippen LogP contribution in [0.25, 0.3) is 11.4 Å². The second-order valence-corrected chi connectivity index (χ2v) is 3.99. The Hall–Kier alpha value is -1.68. The number of anilines is 1. The molecule has 1 N–H and O–H groups in total. The van der Waals surface area contributed by atoms with Crippen LogP contribution in [0, 0.1) is 12.7 Å². The van der Waals surface area contributed by atoms with E-state index in [2.05, 4.69) is 15.3 Å². The van der Waals surface area contributed by atoms with Gasteiger partial charge in [-0.05, 0) is 31.2 Å². The zero-order valence-electron chi connectivity index (χ0n) is 9.46. The lowest BCUT2D eigenvalue weighted by Gasteiger charge is -2.07. The van der Waals surface area contributed by atoms with E-state index in [-0.39, 0.29) is 5.82 Å². The summed E-state index contributed by atoms with van der Waals surface area (Å²) < 4.78 is 13.6. The standard InChI is InChI=1S/C12H11ClFN3/c1-7-10(14)12(15-2)17-11(16-7)8-3-5-9(13)6-4-8/h3-6H,1-2H3,(H,15,16,17). The van der Waals surface area contributed by atoms with E-state index in [1.165, 1.54) is 0 Å². The average molecular weight is 252 g/mol. The van der Waals surface area contributed by atoms with Crippen LogP contribution in [0.3, 0.4) is 0 Å². The molecule has 0 bridgehead atoms.